The molecule has 1 saturated heterocycles. The van der Waals surface area contributed by atoms with Crippen molar-refractivity contribution in [1.29, 1.82) is 0 Å². The highest BCUT2D eigenvalue weighted by Gasteiger charge is 2.15. The molecule has 7 heteroatoms. The summed E-state index contributed by atoms with van der Waals surface area (Å²) in [4.78, 5) is 11.4. The summed E-state index contributed by atoms with van der Waals surface area (Å²) in [5.41, 5.74) is 7.98. The highest BCUT2D eigenvalue weighted by Crippen LogP contribution is 2.22. The van der Waals surface area contributed by atoms with Crippen molar-refractivity contribution in [3.8, 4) is 5.75 Å². The van der Waals surface area contributed by atoms with Crippen LogP contribution in [0.4, 0.5) is 11.5 Å². The standard InChI is InChI=1S/C19H25N5O.HI/c1-25-17-9-5-8-16(13-17)23-19(20)22-14-15-7-6-10-21-18(15)24-11-3-2-4-12-24;/h5-10,13H,2-4,11-12,14H2,1H3,(H3,20,22,23);1H. The lowest BCUT2D eigenvalue weighted by molar-refractivity contribution is 0.415. The first-order valence-corrected chi connectivity index (χ1v) is 8.66. The van der Waals surface area contributed by atoms with Crippen molar-refractivity contribution in [2.75, 3.05) is 30.4 Å². The molecular weight excluding hydrogens is 441 g/mol. The van der Waals surface area contributed by atoms with E-state index < -0.39 is 0 Å². The molecule has 1 aromatic carbocycles. The first-order chi connectivity index (χ1) is 12.3. The van der Waals surface area contributed by atoms with E-state index in [-0.39, 0.29) is 24.0 Å². The lowest BCUT2D eigenvalue weighted by Gasteiger charge is -2.29. The predicted octanol–water partition coefficient (Wildman–Crippen LogP) is 3.63. The minimum Gasteiger partial charge on any atom is -0.497 e. The quantitative estimate of drug-likeness (QED) is 0.399. The van der Waals surface area contributed by atoms with Crippen molar-refractivity contribution in [3.63, 3.8) is 0 Å². The van der Waals surface area contributed by atoms with Crippen LogP contribution >= 0.6 is 24.0 Å². The number of piperidine rings is 1. The molecule has 6 nitrogen and oxygen atoms in total. The number of rotatable bonds is 5. The molecule has 1 aliphatic rings. The van der Waals surface area contributed by atoms with Crippen LogP contribution in [0, 0.1) is 0 Å². The van der Waals surface area contributed by atoms with Crippen LogP contribution in [0.25, 0.3) is 0 Å². The monoisotopic (exact) mass is 467 g/mol. The number of hydrogen-bond acceptors (Lipinski definition) is 4. The first-order valence-electron chi connectivity index (χ1n) is 8.66. The Balaban J connectivity index is 0.00000243. The molecule has 0 spiro atoms. The Morgan fingerprint density at radius 3 is 2.81 bits per heavy atom. The fourth-order valence-electron chi connectivity index (χ4n) is 3.00. The van der Waals surface area contributed by atoms with Gasteiger partial charge in [0.05, 0.1) is 13.7 Å². The van der Waals surface area contributed by atoms with Crippen LogP contribution in [0.15, 0.2) is 47.6 Å². The highest BCUT2D eigenvalue weighted by atomic mass is 127. The molecule has 1 fully saturated rings. The number of anilines is 2. The average molecular weight is 467 g/mol. The molecule has 3 rings (SSSR count). The minimum atomic E-state index is 0. The molecule has 3 N–H and O–H groups in total. The number of halogens is 1. The van der Waals surface area contributed by atoms with Gasteiger partial charge in [-0.2, -0.15) is 0 Å². The van der Waals surface area contributed by atoms with Gasteiger partial charge in [-0.15, -0.1) is 24.0 Å². The number of hydrogen-bond donors (Lipinski definition) is 2. The van der Waals surface area contributed by atoms with Crippen molar-refractivity contribution in [1.82, 2.24) is 4.98 Å². The zero-order chi connectivity index (χ0) is 17.5. The molecule has 1 aromatic heterocycles. The van der Waals surface area contributed by atoms with Crippen molar-refractivity contribution < 1.29 is 4.74 Å². The molecule has 0 atom stereocenters. The summed E-state index contributed by atoms with van der Waals surface area (Å²) in [6.45, 7) is 2.62. The SMILES string of the molecule is COc1cccc(NC(N)=NCc2cccnc2N2CCCCC2)c1.I. The molecule has 26 heavy (non-hydrogen) atoms. The number of aromatic nitrogens is 1. The van der Waals surface area contributed by atoms with Crippen molar-refractivity contribution in [2.24, 2.45) is 10.7 Å². The second-order valence-corrected chi connectivity index (χ2v) is 6.09. The van der Waals surface area contributed by atoms with Gasteiger partial charge < -0.3 is 20.7 Å². The number of nitrogens with two attached hydrogens (primary N) is 1. The molecule has 0 aliphatic carbocycles. The molecule has 2 heterocycles. The second-order valence-electron chi connectivity index (χ2n) is 6.09. The third-order valence-corrected chi connectivity index (χ3v) is 4.28. The van der Waals surface area contributed by atoms with Crippen LogP contribution in [0.3, 0.4) is 0 Å². The van der Waals surface area contributed by atoms with Crippen LogP contribution in [-0.4, -0.2) is 31.1 Å². The number of nitrogens with zero attached hydrogens (tertiary/aromatic N) is 3. The maximum absolute atomic E-state index is 6.04. The van der Waals surface area contributed by atoms with Gasteiger partial charge in [0.25, 0.3) is 0 Å². The molecule has 0 unspecified atom stereocenters. The molecule has 2 aromatic rings. The van der Waals surface area contributed by atoms with Gasteiger partial charge in [0.1, 0.15) is 11.6 Å². The van der Waals surface area contributed by atoms with E-state index >= 15 is 0 Å². The first kappa shape index (κ1) is 20.3. The van der Waals surface area contributed by atoms with Gasteiger partial charge in [0.15, 0.2) is 5.96 Å². The van der Waals surface area contributed by atoms with Gasteiger partial charge in [0.2, 0.25) is 0 Å². The number of nitrogens with one attached hydrogen (secondary N) is 1. The Morgan fingerprint density at radius 2 is 2.04 bits per heavy atom. The topological polar surface area (TPSA) is 75.8 Å². The smallest absolute Gasteiger partial charge is 0.193 e. The van der Waals surface area contributed by atoms with Crippen molar-refractivity contribution in [3.05, 3.63) is 48.2 Å². The number of guanidine groups is 1. The summed E-state index contributed by atoms with van der Waals surface area (Å²) in [5.74, 6) is 2.18. The normalized spacial score (nSPS) is 14.5. The van der Waals surface area contributed by atoms with E-state index in [1.165, 1.54) is 19.3 Å². The Bertz CT molecular complexity index is 731. The van der Waals surface area contributed by atoms with Gasteiger partial charge in [0, 0.05) is 36.6 Å². The van der Waals surface area contributed by atoms with Crippen LogP contribution in [0.2, 0.25) is 0 Å². The Hall–Kier alpha value is -2.03. The second kappa shape index (κ2) is 10.2. The van der Waals surface area contributed by atoms with E-state index in [0.29, 0.717) is 12.5 Å². The van der Waals surface area contributed by atoms with Crippen LogP contribution in [0.5, 0.6) is 5.75 Å². The number of aliphatic imine (C=N–C) groups is 1. The Morgan fingerprint density at radius 1 is 1.23 bits per heavy atom. The lowest BCUT2D eigenvalue weighted by Crippen LogP contribution is -2.31. The van der Waals surface area contributed by atoms with Gasteiger partial charge in [-0.1, -0.05) is 12.1 Å². The number of methoxy groups -OCH3 is 1. The summed E-state index contributed by atoms with van der Waals surface area (Å²) in [5, 5.41) is 3.10. The van der Waals surface area contributed by atoms with Crippen molar-refractivity contribution >= 4 is 41.4 Å². The van der Waals surface area contributed by atoms with E-state index in [2.05, 4.69) is 26.3 Å². The number of ether oxygens (including phenoxy) is 1. The van der Waals surface area contributed by atoms with E-state index in [9.17, 15) is 0 Å². The minimum absolute atomic E-state index is 0. The molecule has 0 saturated carbocycles. The third kappa shape index (κ3) is 5.48. The third-order valence-electron chi connectivity index (χ3n) is 4.28. The maximum Gasteiger partial charge on any atom is 0.193 e. The molecule has 1 aliphatic heterocycles. The van der Waals surface area contributed by atoms with Gasteiger partial charge in [-0.25, -0.2) is 9.98 Å². The molecule has 0 radical (unpaired) electrons. The fourth-order valence-corrected chi connectivity index (χ4v) is 3.00. The van der Waals surface area contributed by atoms with Gasteiger partial charge in [-0.05, 0) is 37.5 Å². The zero-order valence-corrected chi connectivity index (χ0v) is 17.3. The lowest BCUT2D eigenvalue weighted by atomic mass is 10.1. The van der Waals surface area contributed by atoms with Crippen LogP contribution in [-0.2, 0) is 6.54 Å². The largest absolute Gasteiger partial charge is 0.497 e. The van der Waals surface area contributed by atoms with E-state index in [1.807, 2.05) is 36.5 Å². The summed E-state index contributed by atoms with van der Waals surface area (Å²) in [6.07, 6.45) is 5.58. The average Bonchev–Trinajstić information content (AvgIpc) is 2.67. The molecule has 140 valence electrons. The Kier molecular flexibility index (Phi) is 7.96. The fraction of sp³-hybridized carbons (Fsp3) is 0.368. The summed E-state index contributed by atoms with van der Waals surface area (Å²) < 4.78 is 5.21. The Labute approximate surface area is 171 Å². The molecular formula is C19H26IN5O. The molecule has 0 bridgehead atoms. The van der Waals surface area contributed by atoms with E-state index in [1.54, 1.807) is 7.11 Å². The van der Waals surface area contributed by atoms with Gasteiger partial charge in [-0.3, -0.25) is 0 Å². The van der Waals surface area contributed by atoms with E-state index in [4.69, 9.17) is 10.5 Å². The van der Waals surface area contributed by atoms with Gasteiger partial charge >= 0.3 is 0 Å². The number of benzene rings is 1. The zero-order valence-electron chi connectivity index (χ0n) is 15.0. The van der Waals surface area contributed by atoms with Crippen LogP contribution in [0.1, 0.15) is 24.8 Å². The summed E-state index contributed by atoms with van der Waals surface area (Å²) >= 11 is 0. The van der Waals surface area contributed by atoms with E-state index in [0.717, 1.165) is 35.9 Å². The summed E-state index contributed by atoms with van der Waals surface area (Å²) in [7, 11) is 1.64. The predicted molar refractivity (Wildman–Crippen MR) is 118 cm³/mol. The maximum atomic E-state index is 6.04. The van der Waals surface area contributed by atoms with Crippen LogP contribution < -0.4 is 20.7 Å². The van der Waals surface area contributed by atoms with Crippen molar-refractivity contribution in [2.45, 2.75) is 25.8 Å². The highest BCUT2D eigenvalue weighted by molar-refractivity contribution is 14.0. The number of pyridine rings is 1. The summed E-state index contributed by atoms with van der Waals surface area (Å²) in [6, 6.07) is 11.6. The molecule has 0 amide bonds.